The van der Waals surface area contributed by atoms with Gasteiger partial charge in [0.2, 0.25) is 11.8 Å². The fourth-order valence-electron chi connectivity index (χ4n) is 10.7. The standard InChI is InChI=1S/C53H60N8O3/c1-53(64)27-33-59(34-28-53)48(42-15-7-3-8-16-42)52(63)61-32-12-18-46(61)50-55-36-44(57-50)40-25-21-38(22-26-40)37-19-23-39(24-20-37)43-35-54-49(56-43)45-17-11-31-60(45)51(62)47(41-13-5-2-6-14-41)58-29-9-4-10-30-58/h2-3,5-8,13-16,19-26,35-36,45-48,64H,4,9-12,17-18,27-34H2,1H3,(H,54,56)(H,55,57)/t45-,46-,47?,48+/m0/s1. The van der Waals surface area contributed by atoms with E-state index in [2.05, 4.69) is 85.3 Å². The average molecular weight is 857 g/mol. The van der Waals surface area contributed by atoms with Crippen LogP contribution in [0.15, 0.2) is 122 Å². The summed E-state index contributed by atoms with van der Waals surface area (Å²) in [6.07, 6.45) is 12.2. The van der Waals surface area contributed by atoms with Gasteiger partial charge in [0.25, 0.3) is 0 Å². The molecule has 330 valence electrons. The first kappa shape index (κ1) is 42.1. The summed E-state index contributed by atoms with van der Waals surface area (Å²) in [5, 5.41) is 10.7. The lowest BCUT2D eigenvalue weighted by Crippen LogP contribution is -2.49. The molecule has 0 bridgehead atoms. The largest absolute Gasteiger partial charge is 0.390 e. The highest BCUT2D eigenvalue weighted by atomic mass is 16.3. The van der Waals surface area contributed by atoms with Crippen molar-refractivity contribution in [3.05, 3.63) is 144 Å². The number of nitrogens with zero attached hydrogens (tertiary/aromatic N) is 6. The van der Waals surface area contributed by atoms with E-state index >= 15 is 0 Å². The van der Waals surface area contributed by atoms with E-state index in [0.717, 1.165) is 115 Å². The quantitative estimate of drug-likeness (QED) is 0.119. The molecule has 4 aliphatic heterocycles. The molecule has 4 aromatic carbocycles. The molecular weight excluding hydrogens is 797 g/mol. The molecule has 0 saturated carbocycles. The lowest BCUT2D eigenvalue weighted by atomic mass is 9.91. The van der Waals surface area contributed by atoms with Gasteiger partial charge in [-0.2, -0.15) is 0 Å². The van der Waals surface area contributed by atoms with Crippen LogP contribution in [0.25, 0.3) is 33.6 Å². The van der Waals surface area contributed by atoms with Crippen LogP contribution in [0.5, 0.6) is 0 Å². The normalized spacial score (nSPS) is 21.5. The molecule has 2 aromatic heterocycles. The highest BCUT2D eigenvalue weighted by Crippen LogP contribution is 2.39. The summed E-state index contributed by atoms with van der Waals surface area (Å²) in [7, 11) is 0. The van der Waals surface area contributed by atoms with E-state index in [0.29, 0.717) is 32.5 Å². The fraction of sp³-hybridized carbons (Fsp3) is 0.396. The van der Waals surface area contributed by atoms with Crippen LogP contribution in [0.2, 0.25) is 0 Å². The number of carbonyl (C=O) groups excluding carboxylic acids is 2. The summed E-state index contributed by atoms with van der Waals surface area (Å²) in [6.45, 7) is 6.58. The minimum atomic E-state index is -0.695. The predicted molar refractivity (Wildman–Crippen MR) is 250 cm³/mol. The summed E-state index contributed by atoms with van der Waals surface area (Å²) in [5.41, 5.74) is 7.55. The van der Waals surface area contributed by atoms with Gasteiger partial charge in [-0.15, -0.1) is 0 Å². The fourth-order valence-corrected chi connectivity index (χ4v) is 10.7. The molecule has 4 aliphatic rings. The van der Waals surface area contributed by atoms with Crippen LogP contribution >= 0.6 is 0 Å². The van der Waals surface area contributed by atoms with Gasteiger partial charge in [0.1, 0.15) is 23.7 Å². The number of carbonyl (C=O) groups is 2. The molecule has 4 saturated heterocycles. The van der Waals surface area contributed by atoms with Gasteiger partial charge in [0.05, 0.1) is 41.5 Å². The number of benzene rings is 4. The molecule has 0 aliphatic carbocycles. The number of likely N-dealkylation sites (tertiary alicyclic amines) is 4. The number of aliphatic hydroxyl groups is 1. The zero-order valence-corrected chi connectivity index (χ0v) is 36.9. The number of amides is 2. The highest BCUT2D eigenvalue weighted by molar-refractivity contribution is 5.85. The summed E-state index contributed by atoms with van der Waals surface area (Å²) in [4.78, 5) is 54.5. The van der Waals surface area contributed by atoms with Gasteiger partial charge in [0.15, 0.2) is 0 Å². The van der Waals surface area contributed by atoms with Crippen molar-refractivity contribution >= 4 is 11.8 Å². The Balaban J connectivity index is 0.802. The van der Waals surface area contributed by atoms with Gasteiger partial charge >= 0.3 is 0 Å². The van der Waals surface area contributed by atoms with Gasteiger partial charge in [-0.05, 0) is 105 Å². The Morgan fingerprint density at radius 3 is 1.39 bits per heavy atom. The SMILES string of the molecule is CC1(O)CCN([C@@H](C(=O)N2CCC[C@H]2c2ncc(-c3ccc(-c4ccc(-c5cnc([C@@H]6CCCN6C(=O)C(c6ccccc6)N6CCCCC6)[nH]5)cc4)cc3)[nH]2)c2ccccc2)CC1. The van der Waals surface area contributed by atoms with E-state index < -0.39 is 11.6 Å². The molecule has 6 heterocycles. The molecule has 2 amide bonds. The average Bonchev–Trinajstić information content (AvgIpc) is 4.19. The number of nitrogens with one attached hydrogen (secondary N) is 2. The molecule has 0 spiro atoms. The number of piperidine rings is 2. The second-order valence-electron chi connectivity index (χ2n) is 18.7. The lowest BCUT2D eigenvalue weighted by Gasteiger charge is -2.41. The summed E-state index contributed by atoms with van der Waals surface area (Å²) < 4.78 is 0. The zero-order valence-electron chi connectivity index (χ0n) is 36.9. The maximum Gasteiger partial charge on any atom is 0.245 e. The van der Waals surface area contributed by atoms with E-state index in [1.54, 1.807) is 0 Å². The second kappa shape index (κ2) is 18.3. The van der Waals surface area contributed by atoms with Gasteiger partial charge in [0, 0.05) is 26.2 Å². The number of hydrogen-bond acceptors (Lipinski definition) is 7. The lowest BCUT2D eigenvalue weighted by molar-refractivity contribution is -0.140. The first-order valence-electron chi connectivity index (χ1n) is 23.5. The number of aromatic nitrogens is 4. The maximum atomic E-state index is 14.5. The Morgan fingerprint density at radius 1 is 0.547 bits per heavy atom. The van der Waals surface area contributed by atoms with Crippen molar-refractivity contribution in [2.24, 2.45) is 0 Å². The summed E-state index contributed by atoms with van der Waals surface area (Å²) in [6, 6.07) is 36.6. The van der Waals surface area contributed by atoms with E-state index in [1.165, 1.54) is 6.42 Å². The predicted octanol–water partition coefficient (Wildman–Crippen LogP) is 9.28. The zero-order chi connectivity index (χ0) is 43.6. The van der Waals surface area contributed by atoms with Crippen molar-refractivity contribution in [1.82, 2.24) is 39.5 Å². The molecule has 11 heteroatoms. The third-order valence-electron chi connectivity index (χ3n) is 14.3. The van der Waals surface area contributed by atoms with Crippen molar-refractivity contribution in [2.75, 3.05) is 39.3 Å². The first-order chi connectivity index (χ1) is 31.3. The van der Waals surface area contributed by atoms with Gasteiger partial charge in [-0.3, -0.25) is 19.4 Å². The van der Waals surface area contributed by atoms with Crippen LogP contribution in [-0.2, 0) is 9.59 Å². The van der Waals surface area contributed by atoms with E-state index in [-0.39, 0.29) is 29.9 Å². The molecule has 1 unspecified atom stereocenters. The molecule has 4 fully saturated rings. The van der Waals surface area contributed by atoms with Crippen molar-refractivity contribution in [3.8, 4) is 33.6 Å². The Hall–Kier alpha value is -5.88. The molecule has 3 N–H and O–H groups in total. The van der Waals surface area contributed by atoms with Crippen LogP contribution in [0.3, 0.4) is 0 Å². The van der Waals surface area contributed by atoms with E-state index in [9.17, 15) is 14.7 Å². The number of hydrogen-bond donors (Lipinski definition) is 3. The Kier molecular flexibility index (Phi) is 12.0. The third-order valence-corrected chi connectivity index (χ3v) is 14.3. The van der Waals surface area contributed by atoms with Crippen molar-refractivity contribution in [2.45, 2.75) is 94.5 Å². The topological polar surface area (TPSA) is 125 Å². The molecule has 11 nitrogen and oxygen atoms in total. The molecule has 6 aromatic rings. The molecule has 10 rings (SSSR count). The first-order valence-corrected chi connectivity index (χ1v) is 23.5. The highest BCUT2D eigenvalue weighted by Gasteiger charge is 2.42. The van der Waals surface area contributed by atoms with E-state index in [1.807, 2.05) is 72.7 Å². The van der Waals surface area contributed by atoms with Crippen molar-refractivity contribution < 1.29 is 14.7 Å². The Bertz CT molecular complexity index is 2500. The van der Waals surface area contributed by atoms with Crippen LogP contribution in [0.4, 0.5) is 0 Å². The molecule has 0 radical (unpaired) electrons. The van der Waals surface area contributed by atoms with Crippen molar-refractivity contribution in [3.63, 3.8) is 0 Å². The van der Waals surface area contributed by atoms with Crippen LogP contribution in [-0.4, -0.2) is 101 Å². The van der Waals surface area contributed by atoms with E-state index in [4.69, 9.17) is 9.97 Å². The third kappa shape index (κ3) is 8.68. The van der Waals surface area contributed by atoms with Crippen LogP contribution < -0.4 is 0 Å². The van der Waals surface area contributed by atoms with Crippen LogP contribution in [0, 0.1) is 0 Å². The van der Waals surface area contributed by atoms with Crippen LogP contribution in [0.1, 0.15) is 112 Å². The van der Waals surface area contributed by atoms with Gasteiger partial charge in [-0.1, -0.05) is 116 Å². The number of rotatable bonds is 11. The Labute approximate surface area is 376 Å². The monoisotopic (exact) mass is 856 g/mol. The molecular formula is C53H60N8O3. The summed E-state index contributed by atoms with van der Waals surface area (Å²) >= 11 is 0. The number of H-pyrrole nitrogens is 2. The summed E-state index contributed by atoms with van der Waals surface area (Å²) in [5.74, 6) is 1.95. The minimum Gasteiger partial charge on any atom is -0.390 e. The second-order valence-corrected chi connectivity index (χ2v) is 18.7. The van der Waals surface area contributed by atoms with Gasteiger partial charge < -0.3 is 24.9 Å². The Morgan fingerprint density at radius 2 is 0.953 bits per heavy atom. The minimum absolute atomic E-state index is 0.0717. The number of imidazole rings is 2. The number of aromatic amines is 2. The van der Waals surface area contributed by atoms with Gasteiger partial charge in [-0.25, -0.2) is 9.97 Å². The molecule has 4 atom stereocenters. The smallest absolute Gasteiger partial charge is 0.245 e. The molecule has 64 heavy (non-hydrogen) atoms. The maximum absolute atomic E-state index is 14.5. The van der Waals surface area contributed by atoms with Crippen molar-refractivity contribution in [1.29, 1.82) is 0 Å².